The van der Waals surface area contributed by atoms with E-state index < -0.39 is 0 Å². The molecule has 2 heterocycles. The molecule has 2 aromatic heterocycles. The molecule has 9 aromatic carbocycles. The summed E-state index contributed by atoms with van der Waals surface area (Å²) in [6, 6.07) is 73.3. The Hall–Kier alpha value is -7.95. The maximum atomic E-state index is 5.25. The monoisotopic (exact) mass is 750 g/mol. The van der Waals surface area contributed by atoms with Crippen LogP contribution in [-0.4, -0.2) is 19.5 Å². The average molecular weight is 751 g/mol. The molecule has 0 fully saturated rings. The van der Waals surface area contributed by atoms with Crippen molar-refractivity contribution in [3.63, 3.8) is 0 Å². The van der Waals surface area contributed by atoms with Crippen molar-refractivity contribution in [3.05, 3.63) is 206 Å². The smallest absolute Gasteiger partial charge is 0.238 e. The standard InChI is InChI=1S/C55H34N4/c1-4-16-35(17-5-1)41-31-32-42(36-18-6-2-7-19-36)52-47-33-30-40(45-26-15-27-46(50(45)47)51(41)52)38-22-14-23-39(34-38)54-56-53(37-20-8-3-9-21-37)57-55(58-54)59-48-28-12-10-24-43(48)44-25-11-13-29-49(44)59/h1-34H. The fourth-order valence-corrected chi connectivity index (χ4v) is 9.23. The van der Waals surface area contributed by atoms with Gasteiger partial charge in [0.15, 0.2) is 11.6 Å². The average Bonchev–Trinajstić information content (AvgIpc) is 3.84. The number of hydrogen-bond acceptors (Lipinski definition) is 3. The first kappa shape index (κ1) is 33.2. The van der Waals surface area contributed by atoms with Crippen LogP contribution in [0.4, 0.5) is 0 Å². The van der Waals surface area contributed by atoms with E-state index in [4.69, 9.17) is 15.0 Å². The summed E-state index contributed by atoms with van der Waals surface area (Å²) in [4.78, 5) is 15.5. The largest absolute Gasteiger partial charge is 0.278 e. The fraction of sp³-hybridized carbons (Fsp3) is 0. The number of rotatable bonds is 6. The lowest BCUT2D eigenvalue weighted by atomic mass is 9.88. The molecule has 274 valence electrons. The van der Waals surface area contributed by atoms with E-state index in [9.17, 15) is 0 Å². The lowest BCUT2D eigenvalue weighted by Gasteiger charge is -2.15. The van der Waals surface area contributed by atoms with Gasteiger partial charge >= 0.3 is 0 Å². The summed E-state index contributed by atoms with van der Waals surface area (Å²) in [7, 11) is 0. The van der Waals surface area contributed by atoms with Crippen LogP contribution in [-0.2, 0) is 0 Å². The Bertz CT molecular complexity index is 3300. The molecule has 0 bridgehead atoms. The molecule has 59 heavy (non-hydrogen) atoms. The van der Waals surface area contributed by atoms with Crippen molar-refractivity contribution in [3.8, 4) is 84.4 Å². The highest BCUT2D eigenvalue weighted by atomic mass is 15.2. The lowest BCUT2D eigenvalue weighted by Crippen LogP contribution is -2.06. The third-order valence-corrected chi connectivity index (χ3v) is 11.8. The Morgan fingerprint density at radius 3 is 1.36 bits per heavy atom. The minimum absolute atomic E-state index is 0.586. The normalized spacial score (nSPS) is 11.7. The van der Waals surface area contributed by atoms with Crippen molar-refractivity contribution in [1.29, 1.82) is 0 Å². The molecular formula is C55H34N4. The molecule has 1 aliphatic rings. The van der Waals surface area contributed by atoms with Crippen molar-refractivity contribution in [2.24, 2.45) is 0 Å². The number of para-hydroxylation sites is 2. The van der Waals surface area contributed by atoms with Crippen LogP contribution in [0.1, 0.15) is 0 Å². The third kappa shape index (κ3) is 5.27. The van der Waals surface area contributed by atoms with Crippen molar-refractivity contribution < 1.29 is 0 Å². The summed E-state index contributed by atoms with van der Waals surface area (Å²) in [5, 5.41) is 4.83. The molecule has 11 aromatic rings. The maximum absolute atomic E-state index is 5.25. The Morgan fingerprint density at radius 2 is 0.729 bits per heavy atom. The Morgan fingerprint density at radius 1 is 0.288 bits per heavy atom. The quantitative estimate of drug-likeness (QED) is 0.170. The molecule has 1 aliphatic carbocycles. The molecule has 4 heteroatoms. The predicted molar refractivity (Wildman–Crippen MR) is 243 cm³/mol. The highest BCUT2D eigenvalue weighted by Gasteiger charge is 2.29. The van der Waals surface area contributed by atoms with Gasteiger partial charge in [0.25, 0.3) is 0 Å². The van der Waals surface area contributed by atoms with Crippen LogP contribution in [0.3, 0.4) is 0 Å². The van der Waals surface area contributed by atoms with E-state index in [1.807, 2.05) is 18.2 Å². The molecular weight excluding hydrogens is 717 g/mol. The van der Waals surface area contributed by atoms with Gasteiger partial charge in [0.1, 0.15) is 0 Å². The first-order chi connectivity index (χ1) is 29.3. The van der Waals surface area contributed by atoms with Gasteiger partial charge < -0.3 is 0 Å². The molecule has 0 saturated carbocycles. The van der Waals surface area contributed by atoms with Gasteiger partial charge in [-0.05, 0) is 84.6 Å². The van der Waals surface area contributed by atoms with Crippen molar-refractivity contribution in [2.75, 3.05) is 0 Å². The van der Waals surface area contributed by atoms with Gasteiger partial charge in [-0.1, -0.05) is 188 Å². The summed E-state index contributed by atoms with van der Waals surface area (Å²) in [6.07, 6.45) is 0. The Labute approximate surface area is 341 Å². The van der Waals surface area contributed by atoms with Crippen LogP contribution in [0.5, 0.6) is 0 Å². The van der Waals surface area contributed by atoms with Gasteiger partial charge in [-0.3, -0.25) is 4.57 Å². The molecule has 0 unspecified atom stereocenters. The Kier molecular flexibility index (Phi) is 7.50. The summed E-state index contributed by atoms with van der Waals surface area (Å²) in [6.45, 7) is 0. The van der Waals surface area contributed by atoms with E-state index in [2.05, 4.69) is 193 Å². The zero-order chi connectivity index (χ0) is 38.9. The van der Waals surface area contributed by atoms with E-state index in [0.717, 1.165) is 38.5 Å². The van der Waals surface area contributed by atoms with E-state index in [1.54, 1.807) is 0 Å². The molecule has 12 rings (SSSR count). The fourth-order valence-electron chi connectivity index (χ4n) is 9.23. The zero-order valence-electron chi connectivity index (χ0n) is 31.9. The van der Waals surface area contributed by atoms with Crippen molar-refractivity contribution in [2.45, 2.75) is 0 Å². The van der Waals surface area contributed by atoms with E-state index >= 15 is 0 Å². The van der Waals surface area contributed by atoms with Gasteiger partial charge in [-0.15, -0.1) is 0 Å². The van der Waals surface area contributed by atoms with Gasteiger partial charge in [-0.2, -0.15) is 9.97 Å². The summed E-state index contributed by atoms with van der Waals surface area (Å²) < 4.78 is 2.17. The molecule has 0 saturated heterocycles. The molecule has 0 spiro atoms. The lowest BCUT2D eigenvalue weighted by molar-refractivity contribution is 0.953. The van der Waals surface area contributed by atoms with E-state index in [1.165, 1.54) is 60.8 Å². The number of aromatic nitrogens is 4. The number of fused-ring (bicyclic) bond motifs is 6. The van der Waals surface area contributed by atoms with Crippen LogP contribution in [0.2, 0.25) is 0 Å². The Balaban J connectivity index is 1.05. The number of nitrogens with zero attached hydrogens (tertiary/aromatic N) is 4. The first-order valence-corrected chi connectivity index (χ1v) is 20.0. The van der Waals surface area contributed by atoms with Gasteiger partial charge in [0.05, 0.1) is 11.0 Å². The third-order valence-electron chi connectivity index (χ3n) is 11.8. The topological polar surface area (TPSA) is 43.6 Å². The zero-order valence-corrected chi connectivity index (χ0v) is 31.9. The highest BCUT2D eigenvalue weighted by molar-refractivity contribution is 6.23. The van der Waals surface area contributed by atoms with E-state index in [0.29, 0.717) is 17.6 Å². The highest BCUT2D eigenvalue weighted by Crippen LogP contribution is 2.55. The van der Waals surface area contributed by atoms with Crippen LogP contribution < -0.4 is 0 Å². The first-order valence-electron chi connectivity index (χ1n) is 20.0. The second-order valence-electron chi connectivity index (χ2n) is 15.1. The summed E-state index contributed by atoms with van der Waals surface area (Å²) in [5.74, 6) is 1.84. The summed E-state index contributed by atoms with van der Waals surface area (Å²) >= 11 is 0. The SMILES string of the molecule is c1ccc(-c2nc(-c3cccc(-c4ccc5c6c(cccc46)-c4c(-c6ccccc6)ccc(-c6ccccc6)c4-5)c3)nc(-n3c4ccccc4c4ccccc43)n2)cc1. The molecule has 0 aliphatic heterocycles. The number of hydrogen-bond donors (Lipinski definition) is 0. The molecule has 0 radical (unpaired) electrons. The van der Waals surface area contributed by atoms with Crippen LogP contribution in [0, 0.1) is 0 Å². The van der Waals surface area contributed by atoms with Crippen LogP contribution in [0.25, 0.3) is 117 Å². The molecule has 0 amide bonds. The maximum Gasteiger partial charge on any atom is 0.238 e. The van der Waals surface area contributed by atoms with Gasteiger partial charge in [0.2, 0.25) is 5.95 Å². The van der Waals surface area contributed by atoms with E-state index in [-0.39, 0.29) is 0 Å². The van der Waals surface area contributed by atoms with Gasteiger partial charge in [-0.25, -0.2) is 4.98 Å². The number of benzene rings is 9. The molecule has 4 nitrogen and oxygen atoms in total. The minimum atomic E-state index is 0.586. The summed E-state index contributed by atoms with van der Waals surface area (Å²) in [5.41, 5.74) is 16.3. The second-order valence-corrected chi connectivity index (χ2v) is 15.1. The molecule has 0 atom stereocenters. The predicted octanol–water partition coefficient (Wildman–Crippen LogP) is 14.1. The van der Waals surface area contributed by atoms with Gasteiger partial charge in [0, 0.05) is 21.9 Å². The minimum Gasteiger partial charge on any atom is -0.278 e. The van der Waals surface area contributed by atoms with Crippen LogP contribution >= 0.6 is 0 Å². The van der Waals surface area contributed by atoms with Crippen molar-refractivity contribution in [1.82, 2.24) is 19.5 Å². The van der Waals surface area contributed by atoms with Crippen LogP contribution in [0.15, 0.2) is 206 Å². The van der Waals surface area contributed by atoms with Crippen molar-refractivity contribution >= 4 is 32.6 Å². The second kappa shape index (κ2) is 13.3. The molecule has 0 N–H and O–H groups in total.